The number of guanidine groups is 1. The van der Waals surface area contributed by atoms with Crippen molar-refractivity contribution in [3.8, 4) is 0 Å². The lowest BCUT2D eigenvalue weighted by atomic mass is 10.0. The highest BCUT2D eigenvalue weighted by Crippen LogP contribution is 2.15. The van der Waals surface area contributed by atoms with E-state index in [1.807, 2.05) is 6.92 Å². The minimum absolute atomic E-state index is 0. The zero-order chi connectivity index (χ0) is 14.8. The number of halogens is 1. The van der Waals surface area contributed by atoms with Gasteiger partial charge in [0.25, 0.3) is 0 Å². The Morgan fingerprint density at radius 2 is 2.00 bits per heavy atom. The summed E-state index contributed by atoms with van der Waals surface area (Å²) < 4.78 is 5.26. The standard InChI is InChI=1S/C16H27N3O.HI/c1-4-20-11-5-10-18-16(17)19-12-14(3)15-8-6-13(2)7-9-15;/h6-9,14H,4-5,10-12H2,1-3H3,(H3,17,18,19);1H. The molecule has 4 nitrogen and oxygen atoms in total. The molecule has 1 atom stereocenters. The van der Waals surface area contributed by atoms with Crippen molar-refractivity contribution in [1.82, 2.24) is 5.32 Å². The van der Waals surface area contributed by atoms with Crippen LogP contribution in [0.15, 0.2) is 29.3 Å². The third kappa shape index (κ3) is 8.93. The molecule has 1 aromatic rings. The van der Waals surface area contributed by atoms with Crippen LogP contribution in [0.25, 0.3) is 0 Å². The van der Waals surface area contributed by atoms with E-state index < -0.39 is 0 Å². The van der Waals surface area contributed by atoms with Crippen molar-refractivity contribution >= 4 is 29.9 Å². The second-order valence-corrected chi connectivity index (χ2v) is 5.01. The molecule has 0 radical (unpaired) electrons. The van der Waals surface area contributed by atoms with Crippen LogP contribution in [-0.4, -0.2) is 32.3 Å². The normalized spacial score (nSPS) is 12.6. The molecule has 0 aliphatic rings. The zero-order valence-corrected chi connectivity index (χ0v) is 15.6. The average Bonchev–Trinajstić information content (AvgIpc) is 2.45. The van der Waals surface area contributed by atoms with Crippen LogP contribution in [0.2, 0.25) is 0 Å². The summed E-state index contributed by atoms with van der Waals surface area (Å²) >= 11 is 0. The maximum Gasteiger partial charge on any atom is 0.188 e. The summed E-state index contributed by atoms with van der Waals surface area (Å²) in [6.45, 7) is 9.28. The minimum Gasteiger partial charge on any atom is -0.382 e. The maximum absolute atomic E-state index is 5.84. The van der Waals surface area contributed by atoms with E-state index >= 15 is 0 Å². The molecule has 5 heteroatoms. The Morgan fingerprint density at radius 1 is 1.33 bits per heavy atom. The predicted octanol–water partition coefficient (Wildman–Crippen LogP) is 3.05. The Bertz CT molecular complexity index is 406. The SMILES string of the molecule is CCOCCCNC(N)=NCC(C)c1ccc(C)cc1.I. The molecule has 1 rings (SSSR count). The third-order valence-corrected chi connectivity index (χ3v) is 3.16. The van der Waals surface area contributed by atoms with Crippen molar-refractivity contribution in [3.63, 3.8) is 0 Å². The van der Waals surface area contributed by atoms with Gasteiger partial charge >= 0.3 is 0 Å². The highest BCUT2D eigenvalue weighted by Gasteiger charge is 2.04. The summed E-state index contributed by atoms with van der Waals surface area (Å²) in [5.41, 5.74) is 8.41. The first-order valence-corrected chi connectivity index (χ1v) is 7.31. The fraction of sp³-hybridized carbons (Fsp3) is 0.562. The van der Waals surface area contributed by atoms with E-state index in [9.17, 15) is 0 Å². The fourth-order valence-electron chi connectivity index (χ4n) is 1.83. The Hall–Kier alpha value is -0.820. The van der Waals surface area contributed by atoms with Gasteiger partial charge in [-0.05, 0) is 25.8 Å². The number of ether oxygens (including phenoxy) is 1. The van der Waals surface area contributed by atoms with Gasteiger partial charge < -0.3 is 15.8 Å². The van der Waals surface area contributed by atoms with Gasteiger partial charge in [-0.3, -0.25) is 4.99 Å². The Kier molecular flexibility index (Phi) is 11.3. The predicted molar refractivity (Wildman–Crippen MR) is 101 cm³/mol. The largest absolute Gasteiger partial charge is 0.382 e. The van der Waals surface area contributed by atoms with Crippen molar-refractivity contribution in [2.45, 2.75) is 33.1 Å². The average molecular weight is 405 g/mol. The van der Waals surface area contributed by atoms with E-state index in [1.54, 1.807) is 0 Å². The first-order chi connectivity index (χ1) is 9.63. The Balaban J connectivity index is 0.00000400. The second-order valence-electron chi connectivity index (χ2n) is 5.01. The molecule has 0 saturated carbocycles. The highest BCUT2D eigenvalue weighted by atomic mass is 127. The van der Waals surface area contributed by atoms with Crippen LogP contribution in [-0.2, 0) is 4.74 Å². The van der Waals surface area contributed by atoms with E-state index in [4.69, 9.17) is 10.5 Å². The monoisotopic (exact) mass is 405 g/mol. The topological polar surface area (TPSA) is 59.6 Å². The number of hydrogen-bond acceptors (Lipinski definition) is 2. The molecule has 21 heavy (non-hydrogen) atoms. The molecule has 0 amide bonds. The van der Waals surface area contributed by atoms with Gasteiger partial charge in [-0.25, -0.2) is 0 Å². The number of aliphatic imine (C=N–C) groups is 1. The number of nitrogens with two attached hydrogens (primary N) is 1. The van der Waals surface area contributed by atoms with Crippen LogP contribution in [0, 0.1) is 6.92 Å². The van der Waals surface area contributed by atoms with Gasteiger partial charge in [0, 0.05) is 32.2 Å². The number of nitrogens with zero attached hydrogens (tertiary/aromatic N) is 1. The summed E-state index contributed by atoms with van der Waals surface area (Å²) in [5.74, 6) is 0.889. The molecule has 3 N–H and O–H groups in total. The zero-order valence-electron chi connectivity index (χ0n) is 13.3. The maximum atomic E-state index is 5.84. The second kappa shape index (κ2) is 11.8. The summed E-state index contributed by atoms with van der Waals surface area (Å²) in [6, 6.07) is 8.57. The molecule has 0 aliphatic heterocycles. The van der Waals surface area contributed by atoms with Crippen LogP contribution >= 0.6 is 24.0 Å². The first kappa shape index (κ1) is 20.2. The molecule has 1 aromatic carbocycles. The summed E-state index contributed by atoms with van der Waals surface area (Å²) in [7, 11) is 0. The van der Waals surface area contributed by atoms with E-state index in [1.165, 1.54) is 11.1 Å². The third-order valence-electron chi connectivity index (χ3n) is 3.16. The van der Waals surface area contributed by atoms with Gasteiger partial charge in [-0.2, -0.15) is 0 Å². The number of nitrogens with one attached hydrogen (secondary N) is 1. The lowest BCUT2D eigenvalue weighted by Crippen LogP contribution is -2.33. The van der Waals surface area contributed by atoms with E-state index in [0.717, 1.165) is 26.2 Å². The van der Waals surface area contributed by atoms with Crippen LogP contribution in [0.1, 0.15) is 37.3 Å². The van der Waals surface area contributed by atoms with Gasteiger partial charge in [0.2, 0.25) is 0 Å². The molecule has 0 bridgehead atoms. The molecule has 0 aromatic heterocycles. The van der Waals surface area contributed by atoms with Crippen molar-refractivity contribution < 1.29 is 4.74 Å². The van der Waals surface area contributed by atoms with Crippen LogP contribution in [0.5, 0.6) is 0 Å². The van der Waals surface area contributed by atoms with Crippen molar-refractivity contribution in [3.05, 3.63) is 35.4 Å². The van der Waals surface area contributed by atoms with Gasteiger partial charge in [-0.15, -0.1) is 24.0 Å². The lowest BCUT2D eigenvalue weighted by molar-refractivity contribution is 0.145. The smallest absolute Gasteiger partial charge is 0.188 e. The number of rotatable bonds is 8. The van der Waals surface area contributed by atoms with Crippen LogP contribution in [0.3, 0.4) is 0 Å². The van der Waals surface area contributed by atoms with Crippen molar-refractivity contribution in [1.29, 1.82) is 0 Å². The first-order valence-electron chi connectivity index (χ1n) is 7.31. The quantitative estimate of drug-likeness (QED) is 0.303. The molecule has 0 spiro atoms. The fourth-order valence-corrected chi connectivity index (χ4v) is 1.83. The van der Waals surface area contributed by atoms with Crippen molar-refractivity contribution in [2.75, 3.05) is 26.3 Å². The van der Waals surface area contributed by atoms with Gasteiger partial charge in [0.05, 0.1) is 0 Å². The molecule has 1 unspecified atom stereocenters. The minimum atomic E-state index is 0. The summed E-state index contributed by atoms with van der Waals surface area (Å²) in [5, 5.41) is 3.11. The molecule has 0 saturated heterocycles. The number of benzene rings is 1. The van der Waals surface area contributed by atoms with Gasteiger partial charge in [-0.1, -0.05) is 36.8 Å². The Morgan fingerprint density at radius 3 is 2.62 bits per heavy atom. The summed E-state index contributed by atoms with van der Waals surface area (Å²) in [4.78, 5) is 4.38. The van der Waals surface area contributed by atoms with Crippen molar-refractivity contribution in [2.24, 2.45) is 10.7 Å². The highest BCUT2D eigenvalue weighted by molar-refractivity contribution is 14.0. The van der Waals surface area contributed by atoms with E-state index in [2.05, 4.69) is 48.4 Å². The molecule has 0 aliphatic carbocycles. The molecule has 0 fully saturated rings. The number of hydrogen-bond donors (Lipinski definition) is 2. The summed E-state index contributed by atoms with van der Waals surface area (Å²) in [6.07, 6.45) is 0.942. The van der Waals surface area contributed by atoms with E-state index in [-0.39, 0.29) is 24.0 Å². The number of aryl methyl sites for hydroxylation is 1. The van der Waals surface area contributed by atoms with Crippen LogP contribution in [0.4, 0.5) is 0 Å². The molecule has 0 heterocycles. The van der Waals surface area contributed by atoms with Gasteiger partial charge in [0.15, 0.2) is 5.96 Å². The lowest BCUT2D eigenvalue weighted by Gasteiger charge is -2.11. The molecular formula is C16H28IN3O. The van der Waals surface area contributed by atoms with E-state index in [0.29, 0.717) is 18.4 Å². The Labute approximate surface area is 145 Å². The molecule has 120 valence electrons. The van der Waals surface area contributed by atoms with Crippen LogP contribution < -0.4 is 11.1 Å². The molecular weight excluding hydrogens is 377 g/mol. The van der Waals surface area contributed by atoms with Gasteiger partial charge in [0.1, 0.15) is 0 Å².